The molecule has 0 bridgehead atoms. The van der Waals surface area contributed by atoms with Gasteiger partial charge in [0.05, 0.1) is 6.10 Å². The van der Waals surface area contributed by atoms with Crippen molar-refractivity contribution in [2.45, 2.75) is 104 Å². The van der Waals surface area contributed by atoms with E-state index in [0.29, 0.717) is 24.0 Å². The Bertz CT molecular complexity index is 492. The van der Waals surface area contributed by atoms with Crippen LogP contribution < -0.4 is 0 Å². The lowest BCUT2D eigenvalue weighted by Crippen LogP contribution is -2.35. The fraction of sp³-hybridized carbons (Fsp3) is 0.875. The molecule has 0 amide bonds. The van der Waals surface area contributed by atoms with E-state index in [4.69, 9.17) is 0 Å². The maximum Gasteiger partial charge on any atom is 0.159 e. The SMILES string of the molecule is CCCCCCC(C)(C)C1CC=C([C@@H]2C[C@H](O)CC[C@H]2CCCO)C(=O)C1. The first-order valence-electron chi connectivity index (χ1n) is 11.4. The molecule has 2 rings (SSSR count). The summed E-state index contributed by atoms with van der Waals surface area (Å²) in [6, 6.07) is 0. The molecule has 0 aliphatic heterocycles. The zero-order valence-corrected chi connectivity index (χ0v) is 17.9. The fourth-order valence-corrected chi connectivity index (χ4v) is 5.26. The highest BCUT2D eigenvalue weighted by Gasteiger charge is 2.39. The van der Waals surface area contributed by atoms with E-state index in [0.717, 1.165) is 44.1 Å². The molecule has 2 aliphatic rings. The first-order valence-corrected chi connectivity index (χ1v) is 11.4. The van der Waals surface area contributed by atoms with Crippen molar-refractivity contribution in [2.24, 2.45) is 23.2 Å². The predicted octanol–water partition coefficient (Wildman–Crippen LogP) is 5.44. The number of carbonyl (C=O) groups is 1. The number of rotatable bonds is 10. The summed E-state index contributed by atoms with van der Waals surface area (Å²) in [4.78, 5) is 13.1. The van der Waals surface area contributed by atoms with Gasteiger partial charge in [0.2, 0.25) is 0 Å². The van der Waals surface area contributed by atoms with Crippen LogP contribution in [0.15, 0.2) is 11.6 Å². The summed E-state index contributed by atoms with van der Waals surface area (Å²) < 4.78 is 0. The van der Waals surface area contributed by atoms with E-state index < -0.39 is 0 Å². The molecular weight excluding hydrogens is 336 g/mol. The standard InChI is InChI=1S/C24H42O3/c1-4-5-6-7-14-24(2,3)19-11-13-21(23(27)16-19)22-17-20(26)12-10-18(22)9-8-15-25/h13,18-20,22,25-26H,4-12,14-17H2,1-3H3/t18-,19?,20-,22-/m1/s1. The van der Waals surface area contributed by atoms with Crippen LogP contribution in [0.2, 0.25) is 0 Å². The Balaban J connectivity index is 2.01. The molecule has 0 aromatic heterocycles. The van der Waals surface area contributed by atoms with Gasteiger partial charge in [-0.1, -0.05) is 52.5 Å². The largest absolute Gasteiger partial charge is 0.396 e. The van der Waals surface area contributed by atoms with E-state index in [2.05, 4.69) is 26.8 Å². The second-order valence-electron chi connectivity index (χ2n) is 9.72. The van der Waals surface area contributed by atoms with Crippen LogP contribution >= 0.6 is 0 Å². The van der Waals surface area contributed by atoms with Crippen LogP contribution in [-0.2, 0) is 4.79 Å². The number of unbranched alkanes of at least 4 members (excludes halogenated alkanes) is 3. The van der Waals surface area contributed by atoms with E-state index in [-0.39, 0.29) is 24.0 Å². The number of Topliss-reactive ketones (excluding diaryl/α,β-unsaturated/α-hetero) is 1. The molecule has 3 nitrogen and oxygen atoms in total. The summed E-state index contributed by atoms with van der Waals surface area (Å²) in [6.07, 6.45) is 14.2. The molecule has 1 fully saturated rings. The molecule has 0 heterocycles. The summed E-state index contributed by atoms with van der Waals surface area (Å²) >= 11 is 0. The maximum absolute atomic E-state index is 13.1. The van der Waals surface area contributed by atoms with Crippen molar-refractivity contribution >= 4 is 5.78 Å². The van der Waals surface area contributed by atoms with Crippen molar-refractivity contribution in [2.75, 3.05) is 6.61 Å². The number of hydrogen-bond donors (Lipinski definition) is 2. The summed E-state index contributed by atoms with van der Waals surface area (Å²) in [5.74, 6) is 1.40. The van der Waals surface area contributed by atoms with Crippen molar-refractivity contribution in [3.63, 3.8) is 0 Å². The quantitative estimate of drug-likeness (QED) is 0.498. The molecule has 156 valence electrons. The monoisotopic (exact) mass is 378 g/mol. The highest BCUT2D eigenvalue weighted by Crippen LogP contribution is 2.45. The topological polar surface area (TPSA) is 57.5 Å². The van der Waals surface area contributed by atoms with E-state index in [1.165, 1.54) is 32.1 Å². The molecule has 4 atom stereocenters. The van der Waals surface area contributed by atoms with Crippen LogP contribution in [-0.4, -0.2) is 28.7 Å². The molecule has 0 aromatic rings. The predicted molar refractivity (Wildman–Crippen MR) is 112 cm³/mol. The molecule has 2 N–H and O–H groups in total. The first-order chi connectivity index (χ1) is 12.9. The lowest BCUT2D eigenvalue weighted by molar-refractivity contribution is -0.119. The van der Waals surface area contributed by atoms with Crippen LogP contribution in [0.5, 0.6) is 0 Å². The van der Waals surface area contributed by atoms with Crippen molar-refractivity contribution < 1.29 is 15.0 Å². The normalized spacial score (nSPS) is 29.7. The van der Waals surface area contributed by atoms with Gasteiger partial charge in [-0.2, -0.15) is 0 Å². The van der Waals surface area contributed by atoms with Gasteiger partial charge in [-0.05, 0) is 73.7 Å². The van der Waals surface area contributed by atoms with E-state index in [1.807, 2.05) is 0 Å². The fourth-order valence-electron chi connectivity index (χ4n) is 5.26. The highest BCUT2D eigenvalue weighted by atomic mass is 16.3. The number of hydrogen-bond acceptors (Lipinski definition) is 3. The third-order valence-electron chi connectivity index (χ3n) is 7.25. The third kappa shape index (κ3) is 6.42. The molecule has 1 unspecified atom stereocenters. The van der Waals surface area contributed by atoms with E-state index >= 15 is 0 Å². The van der Waals surface area contributed by atoms with Crippen LogP contribution in [0.3, 0.4) is 0 Å². The molecule has 0 spiro atoms. The van der Waals surface area contributed by atoms with Crippen molar-refractivity contribution in [3.05, 3.63) is 11.6 Å². The summed E-state index contributed by atoms with van der Waals surface area (Å²) in [6.45, 7) is 7.13. The van der Waals surface area contributed by atoms with Gasteiger partial charge >= 0.3 is 0 Å². The van der Waals surface area contributed by atoms with E-state index in [9.17, 15) is 15.0 Å². The van der Waals surface area contributed by atoms with Gasteiger partial charge in [-0.3, -0.25) is 4.79 Å². The van der Waals surface area contributed by atoms with E-state index in [1.54, 1.807) is 0 Å². The third-order valence-corrected chi connectivity index (χ3v) is 7.25. The Labute approximate surface area is 166 Å². The maximum atomic E-state index is 13.1. The van der Waals surface area contributed by atoms with Crippen LogP contribution in [0, 0.1) is 23.2 Å². The van der Waals surface area contributed by atoms with Crippen LogP contribution in [0.25, 0.3) is 0 Å². The lowest BCUT2D eigenvalue weighted by Gasteiger charge is -2.40. The minimum absolute atomic E-state index is 0.196. The molecule has 1 saturated carbocycles. The number of allylic oxidation sites excluding steroid dienone is 2. The first kappa shape index (κ1) is 22.6. The van der Waals surface area contributed by atoms with Gasteiger partial charge in [-0.25, -0.2) is 0 Å². The zero-order valence-electron chi connectivity index (χ0n) is 17.9. The summed E-state index contributed by atoms with van der Waals surface area (Å²) in [5, 5.41) is 19.4. The molecule has 0 radical (unpaired) electrons. The van der Waals surface area contributed by atoms with Crippen molar-refractivity contribution in [1.82, 2.24) is 0 Å². The van der Waals surface area contributed by atoms with Gasteiger partial charge in [0.25, 0.3) is 0 Å². The smallest absolute Gasteiger partial charge is 0.159 e. The number of ketones is 1. The Kier molecular flexibility index (Phi) is 9.01. The molecule has 3 heteroatoms. The molecular formula is C24H42O3. The molecule has 2 aliphatic carbocycles. The number of aliphatic hydroxyl groups is 2. The minimum Gasteiger partial charge on any atom is -0.396 e. The van der Waals surface area contributed by atoms with Crippen LogP contribution in [0.1, 0.15) is 97.8 Å². The van der Waals surface area contributed by atoms with Gasteiger partial charge in [0, 0.05) is 13.0 Å². The van der Waals surface area contributed by atoms with Gasteiger partial charge in [-0.15, -0.1) is 0 Å². The van der Waals surface area contributed by atoms with Crippen molar-refractivity contribution in [1.29, 1.82) is 0 Å². The average molecular weight is 379 g/mol. The second-order valence-corrected chi connectivity index (χ2v) is 9.72. The molecule has 0 aromatic carbocycles. The van der Waals surface area contributed by atoms with Gasteiger partial charge in [0.15, 0.2) is 5.78 Å². The van der Waals surface area contributed by atoms with Crippen molar-refractivity contribution in [3.8, 4) is 0 Å². The van der Waals surface area contributed by atoms with Crippen LogP contribution in [0.4, 0.5) is 0 Å². The Hall–Kier alpha value is -0.670. The zero-order chi connectivity index (χ0) is 19.9. The lowest BCUT2D eigenvalue weighted by atomic mass is 9.64. The number of aliphatic hydroxyl groups excluding tert-OH is 2. The summed E-state index contributed by atoms with van der Waals surface area (Å²) in [5.41, 5.74) is 1.21. The Morgan fingerprint density at radius 2 is 1.93 bits per heavy atom. The molecule has 0 saturated heterocycles. The van der Waals surface area contributed by atoms with Gasteiger partial charge < -0.3 is 10.2 Å². The second kappa shape index (κ2) is 10.8. The number of carbonyl (C=O) groups excluding carboxylic acids is 1. The highest BCUT2D eigenvalue weighted by molar-refractivity contribution is 5.96. The average Bonchev–Trinajstić information content (AvgIpc) is 2.64. The molecule has 27 heavy (non-hydrogen) atoms. The summed E-state index contributed by atoms with van der Waals surface area (Å²) in [7, 11) is 0. The minimum atomic E-state index is -0.276. The van der Waals surface area contributed by atoms with Gasteiger partial charge in [0.1, 0.15) is 0 Å². The Morgan fingerprint density at radius 3 is 2.59 bits per heavy atom. The Morgan fingerprint density at radius 1 is 1.15 bits per heavy atom.